The number of nitrogens with zero attached hydrogens (tertiary/aromatic N) is 1. The molecule has 1 amide bonds. The average Bonchev–Trinajstić information content (AvgIpc) is 2.82. The van der Waals surface area contributed by atoms with Crippen molar-refractivity contribution in [3.8, 4) is 5.75 Å². The number of hydrogen-bond donors (Lipinski definition) is 1. The fourth-order valence-electron chi connectivity index (χ4n) is 3.68. The van der Waals surface area contributed by atoms with Gasteiger partial charge in [0.25, 0.3) is 10.0 Å². The molecule has 0 aliphatic carbocycles. The van der Waals surface area contributed by atoms with Gasteiger partial charge in [0.05, 0.1) is 17.1 Å². The number of carbonyl (C=O) groups excluding carboxylic acids is 1. The number of para-hydroxylation sites is 1. The van der Waals surface area contributed by atoms with Gasteiger partial charge in [-0.15, -0.1) is 0 Å². The third-order valence-corrected chi connectivity index (χ3v) is 7.88. The van der Waals surface area contributed by atoms with E-state index in [9.17, 15) is 13.2 Å². The van der Waals surface area contributed by atoms with Crippen molar-refractivity contribution in [1.29, 1.82) is 0 Å². The molecular weight excluding hydrogens is 496 g/mol. The molecule has 3 aromatic carbocycles. The van der Waals surface area contributed by atoms with E-state index >= 15 is 0 Å². The van der Waals surface area contributed by atoms with Gasteiger partial charge in [0.15, 0.2) is 0 Å². The zero-order valence-electron chi connectivity index (χ0n) is 21.3. The third kappa shape index (κ3) is 6.80. The molecule has 0 spiro atoms. The van der Waals surface area contributed by atoms with Gasteiger partial charge in [0.1, 0.15) is 18.9 Å². The van der Waals surface area contributed by atoms with Gasteiger partial charge in [0, 0.05) is 5.02 Å². The molecule has 0 aromatic heterocycles. The molecule has 0 fully saturated rings. The summed E-state index contributed by atoms with van der Waals surface area (Å²) in [6.45, 7) is 10.3. The van der Waals surface area contributed by atoms with Crippen molar-refractivity contribution in [2.75, 3.05) is 24.0 Å². The van der Waals surface area contributed by atoms with Gasteiger partial charge in [0.2, 0.25) is 5.91 Å². The lowest BCUT2D eigenvalue weighted by molar-refractivity contribution is -0.119. The smallest absolute Gasteiger partial charge is 0.264 e. The third-order valence-electron chi connectivity index (χ3n) is 5.84. The first kappa shape index (κ1) is 27.6. The maximum Gasteiger partial charge on any atom is 0.264 e. The number of rotatable bonds is 9. The maximum absolute atomic E-state index is 13.5. The van der Waals surface area contributed by atoms with E-state index in [2.05, 4.69) is 26.1 Å². The number of carbonyl (C=O) groups is 1. The first-order valence-corrected chi connectivity index (χ1v) is 13.6. The predicted octanol–water partition coefficient (Wildman–Crippen LogP) is 5.64. The quantitative estimate of drug-likeness (QED) is 0.364. The first-order valence-electron chi connectivity index (χ1n) is 11.7. The van der Waals surface area contributed by atoms with Crippen LogP contribution in [-0.4, -0.2) is 34.0 Å². The Morgan fingerprint density at radius 2 is 1.64 bits per heavy atom. The lowest BCUT2D eigenvalue weighted by Crippen LogP contribution is -2.42. The van der Waals surface area contributed by atoms with E-state index in [0.29, 0.717) is 10.7 Å². The summed E-state index contributed by atoms with van der Waals surface area (Å²) < 4.78 is 34.0. The van der Waals surface area contributed by atoms with Crippen LogP contribution < -0.4 is 14.4 Å². The van der Waals surface area contributed by atoms with E-state index < -0.39 is 15.9 Å². The van der Waals surface area contributed by atoms with Crippen molar-refractivity contribution in [3.05, 3.63) is 88.4 Å². The second-order valence-electron chi connectivity index (χ2n) is 9.68. The summed E-state index contributed by atoms with van der Waals surface area (Å²) in [5.74, 6) is 0.333. The topological polar surface area (TPSA) is 75.7 Å². The van der Waals surface area contributed by atoms with Crippen LogP contribution in [0.4, 0.5) is 5.69 Å². The van der Waals surface area contributed by atoms with E-state index in [4.69, 9.17) is 16.3 Å². The molecule has 8 heteroatoms. The molecule has 6 nitrogen and oxygen atoms in total. The zero-order valence-corrected chi connectivity index (χ0v) is 22.9. The fourth-order valence-corrected chi connectivity index (χ4v) is 5.22. The second kappa shape index (κ2) is 11.4. The van der Waals surface area contributed by atoms with Crippen LogP contribution >= 0.6 is 11.6 Å². The van der Waals surface area contributed by atoms with Crippen LogP contribution in [0.25, 0.3) is 0 Å². The van der Waals surface area contributed by atoms with Crippen molar-refractivity contribution >= 4 is 33.2 Å². The number of ether oxygens (including phenoxy) is 1. The standard InChI is InChI=1S/C28H33ClN2O4S/c1-20-10-13-23(18-21(20)2)31(36(33,34)24-14-11-22(29)12-15-24)19-27(32)30-16-17-35-26-9-7-6-8-25(26)28(3,4)5/h6-15,18H,16-17,19H2,1-5H3,(H,30,32). The molecule has 0 bridgehead atoms. The van der Waals surface area contributed by atoms with Crippen LogP contribution in [0.1, 0.15) is 37.5 Å². The maximum atomic E-state index is 13.5. The average molecular weight is 529 g/mol. The lowest BCUT2D eigenvalue weighted by Gasteiger charge is -2.25. The summed E-state index contributed by atoms with van der Waals surface area (Å²) in [6, 6.07) is 19.0. The van der Waals surface area contributed by atoms with E-state index in [1.165, 1.54) is 24.3 Å². The van der Waals surface area contributed by atoms with E-state index in [1.807, 2.05) is 44.2 Å². The highest BCUT2D eigenvalue weighted by atomic mass is 35.5. The number of anilines is 1. The summed E-state index contributed by atoms with van der Waals surface area (Å²) in [5, 5.41) is 3.21. The van der Waals surface area contributed by atoms with Crippen LogP contribution in [0.5, 0.6) is 5.75 Å². The Morgan fingerprint density at radius 1 is 0.972 bits per heavy atom. The summed E-state index contributed by atoms with van der Waals surface area (Å²) in [5.41, 5.74) is 3.36. The molecule has 0 aliphatic rings. The molecule has 0 atom stereocenters. The molecule has 3 aromatic rings. The van der Waals surface area contributed by atoms with Crippen molar-refractivity contribution in [2.24, 2.45) is 0 Å². The number of halogens is 1. The highest BCUT2D eigenvalue weighted by molar-refractivity contribution is 7.92. The van der Waals surface area contributed by atoms with Crippen LogP contribution in [0.15, 0.2) is 71.6 Å². The van der Waals surface area contributed by atoms with Crippen molar-refractivity contribution in [2.45, 2.75) is 44.9 Å². The SMILES string of the molecule is Cc1ccc(N(CC(=O)NCCOc2ccccc2C(C)(C)C)S(=O)(=O)c2ccc(Cl)cc2)cc1C. The number of hydrogen-bond acceptors (Lipinski definition) is 4. The van der Waals surface area contributed by atoms with Crippen molar-refractivity contribution in [3.63, 3.8) is 0 Å². The van der Waals surface area contributed by atoms with Gasteiger partial charge in [-0.2, -0.15) is 0 Å². The lowest BCUT2D eigenvalue weighted by atomic mass is 9.86. The summed E-state index contributed by atoms with van der Waals surface area (Å²) in [7, 11) is -4.01. The van der Waals surface area contributed by atoms with Crippen molar-refractivity contribution < 1.29 is 17.9 Å². The highest BCUT2D eigenvalue weighted by Gasteiger charge is 2.27. The Morgan fingerprint density at radius 3 is 2.28 bits per heavy atom. The number of sulfonamides is 1. The largest absolute Gasteiger partial charge is 0.491 e. The van der Waals surface area contributed by atoms with Gasteiger partial charge in [-0.3, -0.25) is 9.10 Å². The molecule has 0 saturated carbocycles. The summed E-state index contributed by atoms with van der Waals surface area (Å²) in [4.78, 5) is 12.9. The van der Waals surface area contributed by atoms with Gasteiger partial charge in [-0.25, -0.2) is 8.42 Å². The number of nitrogens with one attached hydrogen (secondary N) is 1. The van der Waals surface area contributed by atoms with Crippen LogP contribution in [-0.2, 0) is 20.2 Å². The molecule has 1 N–H and O–H groups in total. The molecule has 3 rings (SSSR count). The van der Waals surface area contributed by atoms with E-state index in [0.717, 1.165) is 26.7 Å². The second-order valence-corrected chi connectivity index (χ2v) is 12.0. The molecule has 0 radical (unpaired) electrons. The van der Waals surface area contributed by atoms with E-state index in [-0.39, 0.29) is 30.0 Å². The Hall–Kier alpha value is -3.03. The van der Waals surface area contributed by atoms with Crippen LogP contribution in [0, 0.1) is 13.8 Å². The molecule has 36 heavy (non-hydrogen) atoms. The molecular formula is C28H33ClN2O4S. The normalized spacial score (nSPS) is 11.7. The highest BCUT2D eigenvalue weighted by Crippen LogP contribution is 2.31. The molecule has 192 valence electrons. The van der Waals surface area contributed by atoms with Gasteiger partial charge >= 0.3 is 0 Å². The van der Waals surface area contributed by atoms with Crippen molar-refractivity contribution in [1.82, 2.24) is 5.32 Å². The molecule has 0 unspecified atom stereocenters. The van der Waals surface area contributed by atoms with Gasteiger partial charge < -0.3 is 10.1 Å². The molecule has 0 heterocycles. The van der Waals surface area contributed by atoms with Gasteiger partial charge in [-0.1, -0.05) is 56.6 Å². The minimum atomic E-state index is -4.01. The van der Waals surface area contributed by atoms with Gasteiger partial charge in [-0.05, 0) is 78.4 Å². The fraction of sp³-hybridized carbons (Fsp3) is 0.321. The Bertz CT molecular complexity index is 1320. The Kier molecular flexibility index (Phi) is 8.69. The van der Waals surface area contributed by atoms with Crippen LogP contribution in [0.2, 0.25) is 5.02 Å². The molecule has 0 aliphatic heterocycles. The summed E-state index contributed by atoms with van der Waals surface area (Å²) in [6.07, 6.45) is 0. The monoisotopic (exact) mass is 528 g/mol. The van der Waals surface area contributed by atoms with Crippen LogP contribution in [0.3, 0.4) is 0 Å². The number of aryl methyl sites for hydroxylation is 2. The Labute approximate surface area is 219 Å². The first-order chi connectivity index (χ1) is 16.9. The van der Waals surface area contributed by atoms with E-state index in [1.54, 1.807) is 12.1 Å². The molecule has 0 saturated heterocycles. The Balaban J connectivity index is 1.73. The minimum absolute atomic E-state index is 0.0556. The predicted molar refractivity (Wildman–Crippen MR) is 146 cm³/mol. The number of benzene rings is 3. The zero-order chi connectivity index (χ0) is 26.5. The minimum Gasteiger partial charge on any atom is -0.491 e. The summed E-state index contributed by atoms with van der Waals surface area (Å²) >= 11 is 5.95. The number of amides is 1.